The van der Waals surface area contributed by atoms with Gasteiger partial charge in [0.1, 0.15) is 5.82 Å². The van der Waals surface area contributed by atoms with Crippen LogP contribution in [-0.2, 0) is 0 Å². The van der Waals surface area contributed by atoms with E-state index >= 15 is 0 Å². The van der Waals surface area contributed by atoms with Crippen LogP contribution in [0.2, 0.25) is 0 Å². The topological polar surface area (TPSA) is 42.7 Å². The first kappa shape index (κ1) is 22.5. The van der Waals surface area contributed by atoms with Crippen molar-refractivity contribution >= 4 is 21.6 Å². The van der Waals surface area contributed by atoms with Gasteiger partial charge in [-0.1, -0.05) is 75.5 Å². The Morgan fingerprint density at radius 1 is 0.857 bits per heavy atom. The van der Waals surface area contributed by atoms with E-state index in [1.165, 1.54) is 101 Å². The van der Waals surface area contributed by atoms with Crippen LogP contribution < -0.4 is 5.32 Å². The maximum Gasteiger partial charge on any atom is 0.202 e. The minimum Gasteiger partial charge on any atom is -0.317 e. The first-order valence-electron chi connectivity index (χ1n) is 11.8. The van der Waals surface area contributed by atoms with Gasteiger partial charge in [-0.3, -0.25) is 0 Å². The molecule has 1 aromatic rings. The molecule has 160 valence electrons. The first-order valence-corrected chi connectivity index (χ1v) is 14.2. The summed E-state index contributed by atoms with van der Waals surface area (Å²) in [5.74, 6) is 3.19. The van der Waals surface area contributed by atoms with E-state index in [0.717, 1.165) is 18.2 Å². The summed E-state index contributed by atoms with van der Waals surface area (Å²) in [6, 6.07) is 0.604. The molecule has 0 amide bonds. The lowest BCUT2D eigenvalue weighted by molar-refractivity contribution is 0.343. The van der Waals surface area contributed by atoms with E-state index in [-0.39, 0.29) is 0 Å². The van der Waals surface area contributed by atoms with E-state index in [2.05, 4.69) is 27.0 Å². The average molecular weight is 425 g/mol. The third-order valence-corrected chi connectivity index (χ3v) is 8.32. The van der Waals surface area contributed by atoms with Crippen molar-refractivity contribution < 1.29 is 0 Å². The van der Waals surface area contributed by atoms with E-state index in [0.29, 0.717) is 12.0 Å². The molecule has 1 aliphatic heterocycles. The smallest absolute Gasteiger partial charge is 0.202 e. The molecule has 1 saturated heterocycles. The zero-order valence-electron chi connectivity index (χ0n) is 17.8. The number of unbranched alkanes of at least 4 members (excludes halogenated alkanes) is 9. The Bertz CT molecular complexity index is 539. The van der Waals surface area contributed by atoms with Crippen LogP contribution in [0.4, 0.5) is 0 Å². The molecule has 0 bridgehead atoms. The Labute approximate surface area is 180 Å². The van der Waals surface area contributed by atoms with Crippen LogP contribution in [0.3, 0.4) is 0 Å². The van der Waals surface area contributed by atoms with Crippen molar-refractivity contribution in [2.75, 3.05) is 18.8 Å². The van der Waals surface area contributed by atoms with E-state index in [1.54, 1.807) is 0 Å². The average Bonchev–Trinajstić information content (AvgIpc) is 3.49. The summed E-state index contributed by atoms with van der Waals surface area (Å²) in [5.41, 5.74) is 0. The number of hydrogen-bond donors (Lipinski definition) is 1. The second kappa shape index (κ2) is 13.2. The molecule has 0 spiro atoms. The maximum atomic E-state index is 4.59. The van der Waals surface area contributed by atoms with Gasteiger partial charge in [0.05, 0.1) is 0 Å². The van der Waals surface area contributed by atoms with Gasteiger partial charge in [0.25, 0.3) is 0 Å². The molecule has 3 rings (SSSR count). The Morgan fingerprint density at radius 2 is 1.50 bits per heavy atom. The molecule has 2 fully saturated rings. The second-order valence-corrected chi connectivity index (χ2v) is 10.9. The lowest BCUT2D eigenvalue weighted by atomic mass is 10.1. The van der Waals surface area contributed by atoms with Gasteiger partial charge < -0.3 is 9.88 Å². The van der Waals surface area contributed by atoms with Gasteiger partial charge in [-0.05, 0) is 56.0 Å². The van der Waals surface area contributed by atoms with Crippen LogP contribution in [0.25, 0.3) is 0 Å². The fourth-order valence-corrected chi connectivity index (χ4v) is 6.28. The highest BCUT2D eigenvalue weighted by atomic mass is 33.1. The van der Waals surface area contributed by atoms with Gasteiger partial charge in [0.15, 0.2) is 0 Å². The monoisotopic (exact) mass is 424 g/mol. The molecule has 1 aromatic heterocycles. The van der Waals surface area contributed by atoms with Gasteiger partial charge >= 0.3 is 0 Å². The Balaban J connectivity index is 1.29. The summed E-state index contributed by atoms with van der Waals surface area (Å²) >= 11 is 0. The molecule has 0 radical (unpaired) electrons. The fourth-order valence-electron chi connectivity index (χ4n) is 4.12. The first-order chi connectivity index (χ1) is 13.9. The van der Waals surface area contributed by atoms with Gasteiger partial charge in [0.2, 0.25) is 5.16 Å². The van der Waals surface area contributed by atoms with Crippen LogP contribution in [-0.4, -0.2) is 33.6 Å². The quantitative estimate of drug-likeness (QED) is 0.249. The summed E-state index contributed by atoms with van der Waals surface area (Å²) in [6.07, 6.45) is 19.1. The molecule has 2 heterocycles. The zero-order chi connectivity index (χ0) is 19.4. The van der Waals surface area contributed by atoms with Crippen molar-refractivity contribution in [1.29, 1.82) is 0 Å². The predicted octanol–water partition coefficient (Wildman–Crippen LogP) is 6.74. The van der Waals surface area contributed by atoms with E-state index in [9.17, 15) is 0 Å². The lowest BCUT2D eigenvalue weighted by Crippen LogP contribution is -2.30. The normalized spacial score (nSPS) is 18.0. The predicted molar refractivity (Wildman–Crippen MR) is 123 cm³/mol. The number of nitrogens with zero attached hydrogens (tertiary/aromatic N) is 3. The number of hydrogen-bond acceptors (Lipinski definition) is 5. The van der Waals surface area contributed by atoms with E-state index in [1.807, 2.05) is 21.6 Å². The van der Waals surface area contributed by atoms with Gasteiger partial charge in [0, 0.05) is 17.7 Å². The Kier molecular flexibility index (Phi) is 10.6. The molecule has 0 unspecified atom stereocenters. The van der Waals surface area contributed by atoms with E-state index in [4.69, 9.17) is 0 Å². The van der Waals surface area contributed by atoms with E-state index < -0.39 is 0 Å². The van der Waals surface area contributed by atoms with Gasteiger partial charge in [-0.15, -0.1) is 10.2 Å². The highest BCUT2D eigenvalue weighted by molar-refractivity contribution is 8.76. The molecule has 28 heavy (non-hydrogen) atoms. The minimum atomic E-state index is 0.604. The van der Waals surface area contributed by atoms with Crippen LogP contribution in [0.1, 0.15) is 115 Å². The van der Waals surface area contributed by atoms with Crippen molar-refractivity contribution in [3.05, 3.63) is 5.82 Å². The van der Waals surface area contributed by atoms with Gasteiger partial charge in [-0.2, -0.15) is 0 Å². The minimum absolute atomic E-state index is 0.604. The van der Waals surface area contributed by atoms with Crippen molar-refractivity contribution in [3.63, 3.8) is 0 Å². The van der Waals surface area contributed by atoms with Crippen LogP contribution in [0.5, 0.6) is 0 Å². The van der Waals surface area contributed by atoms with Crippen molar-refractivity contribution in [1.82, 2.24) is 20.1 Å². The summed E-state index contributed by atoms with van der Waals surface area (Å²) in [4.78, 5) is 0. The second-order valence-electron chi connectivity index (χ2n) is 8.55. The Morgan fingerprint density at radius 3 is 2.14 bits per heavy atom. The third kappa shape index (κ3) is 7.56. The zero-order valence-corrected chi connectivity index (χ0v) is 19.5. The molecule has 6 heteroatoms. The number of rotatable bonds is 15. The SMILES string of the molecule is CCCCCCCCCCCCSSc1nnc(C2CC2)n1C1CCNCC1. The number of aromatic nitrogens is 3. The van der Waals surface area contributed by atoms with Crippen molar-refractivity contribution in [3.8, 4) is 0 Å². The van der Waals surface area contributed by atoms with Crippen molar-refractivity contribution in [2.24, 2.45) is 0 Å². The molecule has 4 nitrogen and oxygen atoms in total. The molecular weight excluding hydrogens is 384 g/mol. The molecular formula is C22H40N4S2. The fraction of sp³-hybridized carbons (Fsp3) is 0.909. The molecule has 1 aliphatic carbocycles. The largest absolute Gasteiger partial charge is 0.317 e. The number of piperidine rings is 1. The number of nitrogens with one attached hydrogen (secondary N) is 1. The van der Waals surface area contributed by atoms with Crippen molar-refractivity contribution in [2.45, 2.75) is 114 Å². The third-order valence-electron chi connectivity index (χ3n) is 6.02. The van der Waals surface area contributed by atoms with Gasteiger partial charge in [-0.25, -0.2) is 0 Å². The van der Waals surface area contributed by atoms with Crippen LogP contribution >= 0.6 is 21.6 Å². The van der Waals surface area contributed by atoms with Crippen LogP contribution in [0.15, 0.2) is 5.16 Å². The summed E-state index contributed by atoms with van der Waals surface area (Å²) in [7, 11) is 3.86. The highest BCUT2D eigenvalue weighted by Crippen LogP contribution is 2.43. The Hall–Kier alpha value is -0.200. The lowest BCUT2D eigenvalue weighted by Gasteiger charge is -2.26. The molecule has 0 aromatic carbocycles. The summed E-state index contributed by atoms with van der Waals surface area (Å²) in [5, 5.41) is 13.8. The maximum absolute atomic E-state index is 4.59. The highest BCUT2D eigenvalue weighted by Gasteiger charge is 2.33. The summed E-state index contributed by atoms with van der Waals surface area (Å²) < 4.78 is 2.51. The standard InChI is InChI=1S/C22H40N4S2/c1-2-3-4-5-6-7-8-9-10-11-18-27-28-22-25-24-21(19-12-13-19)26(22)20-14-16-23-17-15-20/h19-20,23H,2-18H2,1H3. The molecule has 2 aliphatic rings. The molecule has 1 N–H and O–H groups in total. The summed E-state index contributed by atoms with van der Waals surface area (Å²) in [6.45, 7) is 4.55. The molecule has 1 saturated carbocycles. The van der Waals surface area contributed by atoms with Crippen LogP contribution in [0, 0.1) is 0 Å². The molecule has 0 atom stereocenters.